The fourth-order valence-electron chi connectivity index (χ4n) is 4.36. The van der Waals surface area contributed by atoms with Crippen molar-refractivity contribution in [1.29, 1.82) is 0 Å². The average molecular weight is 449 g/mol. The van der Waals surface area contributed by atoms with Crippen LogP contribution in [0, 0.1) is 13.8 Å². The molecule has 0 aliphatic carbocycles. The van der Waals surface area contributed by atoms with Crippen LogP contribution in [0.3, 0.4) is 0 Å². The number of carbonyl (C=O) groups excluding carboxylic acids is 2. The molecule has 172 valence electrons. The first-order valence-electron chi connectivity index (χ1n) is 10.8. The van der Waals surface area contributed by atoms with Gasteiger partial charge in [-0.3, -0.25) is 14.0 Å². The Labute approximate surface area is 192 Å². The Morgan fingerprint density at radius 1 is 1.15 bits per heavy atom. The van der Waals surface area contributed by atoms with E-state index >= 15 is 0 Å². The van der Waals surface area contributed by atoms with Crippen molar-refractivity contribution in [3.05, 3.63) is 70.7 Å². The monoisotopic (exact) mass is 448 g/mol. The summed E-state index contributed by atoms with van der Waals surface area (Å²) < 4.78 is 7.31. The molecule has 3 aromatic rings. The normalized spacial score (nSPS) is 18.0. The molecule has 0 spiro atoms. The summed E-state index contributed by atoms with van der Waals surface area (Å²) in [5.41, 5.74) is 3.27. The highest BCUT2D eigenvalue weighted by Gasteiger charge is 2.47. The van der Waals surface area contributed by atoms with Crippen molar-refractivity contribution >= 4 is 23.1 Å². The summed E-state index contributed by atoms with van der Waals surface area (Å²) in [5.74, 6) is -1.07. The van der Waals surface area contributed by atoms with E-state index in [1.165, 1.54) is 4.90 Å². The van der Waals surface area contributed by atoms with Crippen molar-refractivity contribution in [3.63, 3.8) is 0 Å². The number of hydrogen-bond donors (Lipinski definition) is 1. The van der Waals surface area contributed by atoms with Crippen LogP contribution in [0.2, 0.25) is 0 Å². The van der Waals surface area contributed by atoms with E-state index in [0.717, 1.165) is 5.56 Å². The second-order valence-corrected chi connectivity index (χ2v) is 8.47. The van der Waals surface area contributed by atoms with Crippen LogP contribution in [0.1, 0.15) is 28.6 Å². The highest BCUT2D eigenvalue weighted by atomic mass is 16.5. The zero-order valence-electron chi connectivity index (χ0n) is 19.5. The molecule has 1 aromatic carbocycles. The number of ether oxygens (including phenoxy) is 1. The number of aryl methyl sites for hydroxylation is 2. The molecule has 8 nitrogen and oxygen atoms in total. The molecular weight excluding hydrogens is 420 g/mol. The number of benzene rings is 1. The van der Waals surface area contributed by atoms with E-state index in [-0.39, 0.29) is 11.3 Å². The van der Waals surface area contributed by atoms with Gasteiger partial charge in [0.05, 0.1) is 24.4 Å². The molecule has 3 heterocycles. The Bertz CT molecular complexity index is 1270. The van der Waals surface area contributed by atoms with Crippen LogP contribution < -0.4 is 4.74 Å². The summed E-state index contributed by atoms with van der Waals surface area (Å²) in [6.45, 7) is 4.59. The van der Waals surface area contributed by atoms with Gasteiger partial charge in [-0.25, -0.2) is 4.98 Å². The molecule has 1 aliphatic rings. The van der Waals surface area contributed by atoms with Gasteiger partial charge in [-0.1, -0.05) is 24.3 Å². The highest BCUT2D eigenvalue weighted by molar-refractivity contribution is 6.46. The Hall–Kier alpha value is -3.65. The van der Waals surface area contributed by atoms with Gasteiger partial charge in [-0.15, -0.1) is 0 Å². The maximum Gasteiger partial charge on any atom is 0.295 e. The first-order chi connectivity index (χ1) is 15.8. The number of carbonyl (C=O) groups is 2. The molecule has 0 bridgehead atoms. The lowest BCUT2D eigenvalue weighted by Crippen LogP contribution is -2.35. The van der Waals surface area contributed by atoms with E-state index in [4.69, 9.17) is 4.74 Å². The predicted molar refractivity (Wildman–Crippen MR) is 125 cm³/mol. The summed E-state index contributed by atoms with van der Waals surface area (Å²) in [6.07, 6.45) is 1.79. The lowest BCUT2D eigenvalue weighted by Gasteiger charge is -2.27. The number of rotatable bonds is 6. The minimum absolute atomic E-state index is 0.0367. The molecular formula is C25H28N4O4. The van der Waals surface area contributed by atoms with Gasteiger partial charge in [0.2, 0.25) is 0 Å². The molecule has 0 radical (unpaired) electrons. The Kier molecular flexibility index (Phi) is 5.95. The Morgan fingerprint density at radius 3 is 2.58 bits per heavy atom. The van der Waals surface area contributed by atoms with Gasteiger partial charge in [0.25, 0.3) is 11.7 Å². The van der Waals surface area contributed by atoms with E-state index in [2.05, 4.69) is 4.98 Å². The molecule has 1 saturated heterocycles. The van der Waals surface area contributed by atoms with Gasteiger partial charge >= 0.3 is 0 Å². The average Bonchev–Trinajstić information content (AvgIpc) is 3.26. The lowest BCUT2D eigenvalue weighted by atomic mass is 9.95. The van der Waals surface area contributed by atoms with Crippen molar-refractivity contribution in [2.75, 3.05) is 34.3 Å². The van der Waals surface area contributed by atoms with Crippen molar-refractivity contribution in [3.8, 4) is 5.75 Å². The number of aromatic nitrogens is 2. The molecule has 1 aliphatic heterocycles. The van der Waals surface area contributed by atoms with Gasteiger partial charge in [-0.05, 0) is 45.6 Å². The Balaban J connectivity index is 1.98. The van der Waals surface area contributed by atoms with Crippen LogP contribution in [-0.2, 0) is 9.59 Å². The van der Waals surface area contributed by atoms with E-state index in [1.807, 2.05) is 56.3 Å². The molecule has 8 heteroatoms. The zero-order valence-corrected chi connectivity index (χ0v) is 19.5. The summed E-state index contributed by atoms with van der Waals surface area (Å²) in [4.78, 5) is 34.5. The van der Waals surface area contributed by atoms with Crippen molar-refractivity contribution in [2.45, 2.75) is 19.9 Å². The number of ketones is 1. The van der Waals surface area contributed by atoms with Crippen molar-refractivity contribution in [1.82, 2.24) is 19.2 Å². The third-order valence-corrected chi connectivity index (χ3v) is 6.01. The van der Waals surface area contributed by atoms with E-state index in [0.29, 0.717) is 41.4 Å². The number of hydrogen-bond acceptors (Lipinski definition) is 6. The number of para-hydroxylation sites is 1. The number of fused-ring (bicyclic) bond motifs is 1. The minimum atomic E-state index is -0.782. The second-order valence-electron chi connectivity index (χ2n) is 8.47. The topological polar surface area (TPSA) is 87.4 Å². The number of imidazole rings is 1. The molecule has 4 rings (SSSR count). The number of methoxy groups -OCH3 is 1. The van der Waals surface area contributed by atoms with Gasteiger partial charge in [0.1, 0.15) is 17.1 Å². The number of likely N-dealkylation sites (N-methyl/N-ethyl adjacent to an activating group) is 1. The number of likely N-dealkylation sites (tertiary alicyclic amines) is 1. The van der Waals surface area contributed by atoms with Gasteiger partial charge < -0.3 is 19.6 Å². The Morgan fingerprint density at radius 2 is 1.88 bits per heavy atom. The largest absolute Gasteiger partial charge is 0.505 e. The van der Waals surface area contributed by atoms with Crippen LogP contribution in [-0.4, -0.2) is 70.3 Å². The number of Topliss-reactive ketones (excluding diaryl/α,β-unsaturated/α-hetero) is 1. The quantitative estimate of drug-likeness (QED) is 0.354. The fourth-order valence-corrected chi connectivity index (χ4v) is 4.36. The van der Waals surface area contributed by atoms with E-state index in [1.54, 1.807) is 30.7 Å². The highest BCUT2D eigenvalue weighted by Crippen LogP contribution is 2.42. The molecule has 1 atom stereocenters. The summed E-state index contributed by atoms with van der Waals surface area (Å²) in [7, 11) is 5.35. The summed E-state index contributed by atoms with van der Waals surface area (Å²) in [5, 5.41) is 11.5. The maximum absolute atomic E-state index is 13.3. The summed E-state index contributed by atoms with van der Waals surface area (Å²) in [6, 6.07) is 10.3. The standard InChI is InChI=1S/C25H28N4O4/c1-15-9-8-12-28-20(16(2)26-24(15)28)22(30)19-21(17-10-6-7-11-18(17)33-5)29(14-13-27(3)4)25(32)23(19)31/h6-12,21,30H,13-14H2,1-5H3/t21-/m0/s1. The third kappa shape index (κ3) is 3.76. The molecule has 1 fully saturated rings. The van der Waals surface area contributed by atoms with Crippen LogP contribution in [0.15, 0.2) is 48.2 Å². The second kappa shape index (κ2) is 8.71. The van der Waals surface area contributed by atoms with Crippen LogP contribution >= 0.6 is 0 Å². The molecule has 0 unspecified atom stereocenters. The number of amides is 1. The SMILES string of the molecule is COc1ccccc1[C@H]1C(=C(O)c2c(C)nc3c(C)cccn23)C(=O)C(=O)N1CCN(C)C. The van der Waals surface area contributed by atoms with Crippen LogP contribution in [0.4, 0.5) is 0 Å². The minimum Gasteiger partial charge on any atom is -0.505 e. The maximum atomic E-state index is 13.3. The molecule has 33 heavy (non-hydrogen) atoms. The molecule has 0 saturated carbocycles. The van der Waals surface area contributed by atoms with E-state index < -0.39 is 17.7 Å². The van der Waals surface area contributed by atoms with E-state index in [9.17, 15) is 14.7 Å². The zero-order chi connectivity index (χ0) is 23.9. The lowest BCUT2D eigenvalue weighted by molar-refractivity contribution is -0.140. The van der Waals surface area contributed by atoms with Crippen LogP contribution in [0.25, 0.3) is 11.4 Å². The third-order valence-electron chi connectivity index (χ3n) is 6.01. The number of pyridine rings is 1. The van der Waals surface area contributed by atoms with Crippen molar-refractivity contribution in [2.24, 2.45) is 0 Å². The smallest absolute Gasteiger partial charge is 0.295 e. The molecule has 1 N–H and O–H groups in total. The van der Waals surface area contributed by atoms with Crippen molar-refractivity contribution < 1.29 is 19.4 Å². The fraction of sp³-hybridized carbons (Fsp3) is 0.320. The first kappa shape index (κ1) is 22.5. The van der Waals surface area contributed by atoms with Gasteiger partial charge in [-0.2, -0.15) is 0 Å². The van der Waals surface area contributed by atoms with Gasteiger partial charge in [0, 0.05) is 24.8 Å². The summed E-state index contributed by atoms with van der Waals surface area (Å²) >= 11 is 0. The predicted octanol–water partition coefficient (Wildman–Crippen LogP) is 2.94. The first-order valence-corrected chi connectivity index (χ1v) is 10.8. The number of aliphatic hydroxyl groups excluding tert-OH is 1. The number of nitrogens with zero attached hydrogens (tertiary/aromatic N) is 4. The number of aliphatic hydroxyl groups is 1. The molecule has 1 amide bonds. The van der Waals surface area contributed by atoms with Gasteiger partial charge in [0.15, 0.2) is 5.76 Å². The molecule has 2 aromatic heterocycles. The van der Waals surface area contributed by atoms with Crippen LogP contribution in [0.5, 0.6) is 5.75 Å².